The summed E-state index contributed by atoms with van der Waals surface area (Å²) in [6.45, 7) is 6.97. The Morgan fingerprint density at radius 1 is 0.640 bits per heavy atom. The van der Waals surface area contributed by atoms with E-state index in [-0.39, 0.29) is 7.92 Å². The average molecular weight is 342 g/mol. The summed E-state index contributed by atoms with van der Waals surface area (Å²) in [7, 11) is 0.00845. The molecule has 25 heavy (non-hydrogen) atoms. The van der Waals surface area contributed by atoms with E-state index in [1.807, 2.05) is 0 Å². The molecule has 1 heteroatoms. The molecule has 0 saturated heterocycles. The van der Waals surface area contributed by atoms with E-state index in [2.05, 4.69) is 93.0 Å². The number of benzene rings is 4. The molecule has 0 atom stereocenters. The van der Waals surface area contributed by atoms with E-state index in [0.29, 0.717) is 0 Å². The Balaban J connectivity index is 2.15. The minimum absolute atomic E-state index is 0.00845. The number of hydrogen-bond donors (Lipinski definition) is 0. The summed E-state index contributed by atoms with van der Waals surface area (Å²) in [4.78, 5) is 0. The second-order valence-corrected chi connectivity index (χ2v) is 9.51. The van der Waals surface area contributed by atoms with E-state index in [0.717, 1.165) is 6.16 Å². The predicted molar refractivity (Wildman–Crippen MR) is 114 cm³/mol. The van der Waals surface area contributed by atoms with Crippen LogP contribution in [-0.2, 0) is 6.16 Å². The maximum Gasteiger partial charge on any atom is -0.00608 e. The van der Waals surface area contributed by atoms with Gasteiger partial charge in [0.1, 0.15) is 0 Å². The maximum atomic E-state index is 2.37. The third-order valence-corrected chi connectivity index (χ3v) is 5.86. The Labute approximate surface area is 151 Å². The van der Waals surface area contributed by atoms with Gasteiger partial charge in [0, 0.05) is 0 Å². The minimum Gasteiger partial charge on any atom is -0.109 e. The van der Waals surface area contributed by atoms with Gasteiger partial charge in [0.25, 0.3) is 0 Å². The molecule has 0 fully saturated rings. The Morgan fingerprint density at radius 3 is 1.84 bits per heavy atom. The van der Waals surface area contributed by atoms with Crippen molar-refractivity contribution in [3.8, 4) is 11.1 Å². The fourth-order valence-corrected chi connectivity index (χ4v) is 4.74. The van der Waals surface area contributed by atoms with Crippen LogP contribution in [0.2, 0.25) is 0 Å². The van der Waals surface area contributed by atoms with Crippen molar-refractivity contribution in [2.75, 3.05) is 13.3 Å². The van der Waals surface area contributed by atoms with Gasteiger partial charge in [-0.25, -0.2) is 0 Å². The van der Waals surface area contributed by atoms with Gasteiger partial charge in [-0.1, -0.05) is 72.8 Å². The predicted octanol–water partition coefficient (Wildman–Crippen LogP) is 7.21. The Hall–Kier alpha value is -2.17. The topological polar surface area (TPSA) is 0 Å². The zero-order valence-corrected chi connectivity index (χ0v) is 16.0. The smallest absolute Gasteiger partial charge is 0.00608 e. The largest absolute Gasteiger partial charge is 0.109 e. The highest BCUT2D eigenvalue weighted by molar-refractivity contribution is 7.55. The van der Waals surface area contributed by atoms with Crippen molar-refractivity contribution in [3.05, 3.63) is 83.9 Å². The highest BCUT2D eigenvalue weighted by atomic mass is 31.1. The molecule has 4 aromatic carbocycles. The molecule has 4 rings (SSSR count). The molecule has 0 radical (unpaired) electrons. The molecule has 4 aromatic rings. The summed E-state index contributed by atoms with van der Waals surface area (Å²) in [6.07, 6.45) is 1.16. The normalized spacial score (nSPS) is 11.5. The highest BCUT2D eigenvalue weighted by Crippen LogP contribution is 2.42. The van der Waals surface area contributed by atoms with Gasteiger partial charge in [-0.05, 0) is 70.2 Å². The summed E-state index contributed by atoms with van der Waals surface area (Å²) in [5.74, 6) is 0. The zero-order valence-electron chi connectivity index (χ0n) is 15.1. The number of rotatable bonds is 3. The lowest BCUT2D eigenvalue weighted by Gasteiger charge is -2.19. The van der Waals surface area contributed by atoms with E-state index < -0.39 is 0 Å². The highest BCUT2D eigenvalue weighted by Gasteiger charge is 2.15. The van der Waals surface area contributed by atoms with Gasteiger partial charge in [0.15, 0.2) is 0 Å². The second kappa shape index (κ2) is 6.62. The van der Waals surface area contributed by atoms with Gasteiger partial charge in [-0.15, -0.1) is 7.92 Å². The van der Waals surface area contributed by atoms with E-state index in [1.54, 1.807) is 0 Å². The van der Waals surface area contributed by atoms with Crippen LogP contribution in [-0.4, -0.2) is 13.3 Å². The molecule has 0 aliphatic heterocycles. The van der Waals surface area contributed by atoms with Crippen molar-refractivity contribution in [2.24, 2.45) is 0 Å². The molecule has 0 aromatic heterocycles. The van der Waals surface area contributed by atoms with Gasteiger partial charge >= 0.3 is 0 Å². The average Bonchev–Trinajstić information content (AvgIpc) is 2.62. The van der Waals surface area contributed by atoms with Crippen LogP contribution in [0.1, 0.15) is 11.1 Å². The molecular weight excluding hydrogens is 319 g/mol. The van der Waals surface area contributed by atoms with Crippen LogP contribution < -0.4 is 0 Å². The van der Waals surface area contributed by atoms with E-state index in [4.69, 9.17) is 0 Å². The summed E-state index contributed by atoms with van der Waals surface area (Å²) in [5, 5.41) is 5.37. The van der Waals surface area contributed by atoms with E-state index in [1.165, 1.54) is 43.8 Å². The van der Waals surface area contributed by atoms with Gasteiger partial charge in [0.05, 0.1) is 0 Å². The lowest BCUT2D eigenvalue weighted by atomic mass is 9.88. The molecule has 0 saturated carbocycles. The van der Waals surface area contributed by atoms with Crippen molar-refractivity contribution >= 4 is 29.5 Å². The first-order valence-electron chi connectivity index (χ1n) is 8.79. The number of aryl methyl sites for hydroxylation is 1. The molecule has 0 spiro atoms. The maximum absolute atomic E-state index is 2.37. The first-order chi connectivity index (χ1) is 12.1. The lowest BCUT2D eigenvalue weighted by molar-refractivity contribution is 1.39. The van der Waals surface area contributed by atoms with Gasteiger partial charge < -0.3 is 0 Å². The molecule has 0 amide bonds. The third kappa shape index (κ3) is 2.96. The molecule has 124 valence electrons. The van der Waals surface area contributed by atoms with Gasteiger partial charge in [0.2, 0.25) is 0 Å². The summed E-state index contributed by atoms with van der Waals surface area (Å²) < 4.78 is 0. The van der Waals surface area contributed by atoms with Crippen molar-refractivity contribution < 1.29 is 0 Å². The van der Waals surface area contributed by atoms with Crippen molar-refractivity contribution in [1.82, 2.24) is 0 Å². The Bertz CT molecular complexity index is 1060. The van der Waals surface area contributed by atoms with Crippen LogP contribution in [0.5, 0.6) is 0 Å². The SMILES string of the molecule is Cc1ccc2ccccc2c1-c1c(CP(C)C)ccc2ccccc12. The van der Waals surface area contributed by atoms with Crippen LogP contribution in [0, 0.1) is 6.92 Å². The van der Waals surface area contributed by atoms with Crippen LogP contribution in [0.25, 0.3) is 32.7 Å². The Kier molecular flexibility index (Phi) is 4.32. The molecule has 0 aliphatic rings. The fourth-order valence-electron chi connectivity index (χ4n) is 3.80. The molecular formula is C24H23P. The van der Waals surface area contributed by atoms with Crippen molar-refractivity contribution in [2.45, 2.75) is 13.1 Å². The first-order valence-corrected chi connectivity index (χ1v) is 11.2. The third-order valence-electron chi connectivity index (χ3n) is 4.89. The van der Waals surface area contributed by atoms with E-state index in [9.17, 15) is 0 Å². The molecule has 0 nitrogen and oxygen atoms in total. The van der Waals surface area contributed by atoms with E-state index >= 15 is 0 Å². The summed E-state index contributed by atoms with van der Waals surface area (Å²) in [5.41, 5.74) is 5.67. The van der Waals surface area contributed by atoms with Crippen LogP contribution in [0.15, 0.2) is 72.8 Å². The molecule has 0 heterocycles. The number of hydrogen-bond acceptors (Lipinski definition) is 0. The molecule has 0 aliphatic carbocycles. The van der Waals surface area contributed by atoms with Crippen molar-refractivity contribution in [1.29, 1.82) is 0 Å². The molecule has 0 N–H and O–H groups in total. The summed E-state index contributed by atoms with van der Waals surface area (Å²) in [6, 6.07) is 26.7. The van der Waals surface area contributed by atoms with Gasteiger partial charge in [-0.2, -0.15) is 0 Å². The Morgan fingerprint density at radius 2 is 1.20 bits per heavy atom. The minimum atomic E-state index is 0.00845. The van der Waals surface area contributed by atoms with Crippen LogP contribution in [0.4, 0.5) is 0 Å². The van der Waals surface area contributed by atoms with Crippen LogP contribution in [0.3, 0.4) is 0 Å². The summed E-state index contributed by atoms with van der Waals surface area (Å²) >= 11 is 0. The first kappa shape index (κ1) is 16.3. The van der Waals surface area contributed by atoms with Crippen molar-refractivity contribution in [3.63, 3.8) is 0 Å². The fraction of sp³-hybridized carbons (Fsp3) is 0.167. The van der Waals surface area contributed by atoms with Gasteiger partial charge in [-0.3, -0.25) is 0 Å². The second-order valence-electron chi connectivity index (χ2n) is 7.04. The zero-order chi connectivity index (χ0) is 17.4. The monoisotopic (exact) mass is 342 g/mol. The molecule has 0 bridgehead atoms. The molecule has 0 unspecified atom stereocenters. The van der Waals surface area contributed by atoms with Crippen LogP contribution >= 0.6 is 7.92 Å². The quantitative estimate of drug-likeness (QED) is 0.345. The number of fused-ring (bicyclic) bond motifs is 2. The standard InChI is InChI=1S/C24H23P/c1-17-12-13-18-8-4-6-10-21(18)23(17)24-20(16-25(2)3)15-14-19-9-5-7-11-22(19)24/h4-15H,16H2,1-3H3. The lowest BCUT2D eigenvalue weighted by Crippen LogP contribution is -1.94.